The highest BCUT2D eigenvalue weighted by molar-refractivity contribution is 7.99. The predicted octanol–water partition coefficient (Wildman–Crippen LogP) is 1.41. The molecule has 0 radical (unpaired) electrons. The first-order chi connectivity index (χ1) is 8.08. The smallest absolute Gasteiger partial charge is 0.231 e. The first-order valence-corrected chi connectivity index (χ1v) is 7.29. The lowest BCUT2D eigenvalue weighted by atomic mass is 10.0. The third kappa shape index (κ3) is 4.97. The van der Waals surface area contributed by atoms with Crippen LogP contribution in [-0.4, -0.2) is 29.0 Å². The standard InChI is InChI=1S/C12H21N3OS/c1-10(14)4-7-17-8-11(16)15-12(9-13)5-2-3-6-12/h10H,2-8,14H2,1H3,(H,15,16). The largest absolute Gasteiger partial charge is 0.337 e. The van der Waals surface area contributed by atoms with E-state index in [1.807, 2.05) is 6.92 Å². The highest BCUT2D eigenvalue weighted by Gasteiger charge is 2.35. The van der Waals surface area contributed by atoms with Crippen LogP contribution in [0.4, 0.5) is 0 Å². The fourth-order valence-electron chi connectivity index (χ4n) is 1.98. The highest BCUT2D eigenvalue weighted by Crippen LogP contribution is 2.28. The van der Waals surface area contributed by atoms with Crippen molar-refractivity contribution in [2.24, 2.45) is 5.73 Å². The van der Waals surface area contributed by atoms with Crippen molar-refractivity contribution >= 4 is 17.7 Å². The highest BCUT2D eigenvalue weighted by atomic mass is 32.2. The lowest BCUT2D eigenvalue weighted by molar-refractivity contribution is -0.119. The molecule has 0 aromatic carbocycles. The Morgan fingerprint density at radius 3 is 2.76 bits per heavy atom. The van der Waals surface area contributed by atoms with Gasteiger partial charge in [-0.1, -0.05) is 0 Å². The van der Waals surface area contributed by atoms with Gasteiger partial charge in [0.2, 0.25) is 5.91 Å². The molecule has 0 aromatic heterocycles. The van der Waals surface area contributed by atoms with Gasteiger partial charge in [0.05, 0.1) is 11.8 Å². The molecule has 4 nitrogen and oxygen atoms in total. The number of nitrogens with zero attached hydrogens (tertiary/aromatic N) is 1. The second-order valence-corrected chi connectivity index (χ2v) is 5.87. The number of rotatable bonds is 6. The van der Waals surface area contributed by atoms with Crippen molar-refractivity contribution in [2.75, 3.05) is 11.5 Å². The molecule has 3 N–H and O–H groups in total. The van der Waals surface area contributed by atoms with Crippen LogP contribution in [0.15, 0.2) is 0 Å². The predicted molar refractivity (Wildman–Crippen MR) is 70.5 cm³/mol. The van der Waals surface area contributed by atoms with E-state index in [-0.39, 0.29) is 11.9 Å². The summed E-state index contributed by atoms with van der Waals surface area (Å²) in [5.74, 6) is 1.30. The molecule has 1 saturated carbocycles. The molecular weight excluding hydrogens is 234 g/mol. The van der Waals surface area contributed by atoms with Crippen LogP contribution >= 0.6 is 11.8 Å². The number of carbonyl (C=O) groups excluding carboxylic acids is 1. The second kappa shape index (κ2) is 6.87. The molecule has 1 rings (SSSR count). The number of amides is 1. The van der Waals surface area contributed by atoms with Crippen LogP contribution in [0, 0.1) is 11.3 Å². The lowest BCUT2D eigenvalue weighted by Crippen LogP contribution is -2.45. The van der Waals surface area contributed by atoms with E-state index in [0.29, 0.717) is 5.75 Å². The Labute approximate surface area is 107 Å². The Morgan fingerprint density at radius 1 is 1.59 bits per heavy atom. The van der Waals surface area contributed by atoms with Crippen LogP contribution in [0.5, 0.6) is 0 Å². The molecule has 1 atom stereocenters. The van der Waals surface area contributed by atoms with Gasteiger partial charge < -0.3 is 11.1 Å². The van der Waals surface area contributed by atoms with Gasteiger partial charge in [-0.15, -0.1) is 0 Å². The average molecular weight is 255 g/mol. The Bertz CT molecular complexity index is 293. The summed E-state index contributed by atoms with van der Waals surface area (Å²) in [6, 6.07) is 2.44. The monoisotopic (exact) mass is 255 g/mol. The van der Waals surface area contributed by atoms with Crippen LogP contribution in [0.1, 0.15) is 39.0 Å². The Morgan fingerprint density at radius 2 is 2.24 bits per heavy atom. The first kappa shape index (κ1) is 14.3. The van der Waals surface area contributed by atoms with E-state index in [9.17, 15) is 4.79 Å². The van der Waals surface area contributed by atoms with Crippen molar-refractivity contribution in [1.29, 1.82) is 5.26 Å². The number of hydrogen-bond acceptors (Lipinski definition) is 4. The fourth-order valence-corrected chi connectivity index (χ4v) is 2.92. The average Bonchev–Trinajstić information content (AvgIpc) is 2.73. The van der Waals surface area contributed by atoms with E-state index in [0.717, 1.165) is 37.9 Å². The summed E-state index contributed by atoms with van der Waals surface area (Å²) in [5, 5.41) is 12.0. The Balaban J connectivity index is 2.22. The lowest BCUT2D eigenvalue weighted by Gasteiger charge is -2.21. The van der Waals surface area contributed by atoms with Crippen LogP contribution < -0.4 is 11.1 Å². The van der Waals surface area contributed by atoms with E-state index >= 15 is 0 Å². The van der Waals surface area contributed by atoms with Gasteiger partial charge in [0.1, 0.15) is 5.54 Å². The quantitative estimate of drug-likeness (QED) is 0.703. The van der Waals surface area contributed by atoms with Crippen LogP contribution in [0.3, 0.4) is 0 Å². The SMILES string of the molecule is CC(N)CCSCC(=O)NC1(C#N)CCCC1. The molecule has 0 aromatic rings. The molecule has 5 heteroatoms. The molecular formula is C12H21N3OS. The van der Waals surface area contributed by atoms with Gasteiger partial charge in [-0.3, -0.25) is 4.79 Å². The van der Waals surface area contributed by atoms with Crippen molar-refractivity contribution in [1.82, 2.24) is 5.32 Å². The normalized spacial score (nSPS) is 19.6. The van der Waals surface area contributed by atoms with E-state index in [1.54, 1.807) is 11.8 Å². The third-order valence-corrected chi connectivity index (χ3v) is 3.99. The summed E-state index contributed by atoms with van der Waals surface area (Å²) in [5.41, 5.74) is 5.04. The molecule has 1 aliphatic rings. The molecule has 17 heavy (non-hydrogen) atoms. The van der Waals surface area contributed by atoms with Gasteiger partial charge in [-0.2, -0.15) is 17.0 Å². The summed E-state index contributed by atoms with van der Waals surface area (Å²) in [7, 11) is 0. The summed E-state index contributed by atoms with van der Waals surface area (Å²) in [6.07, 6.45) is 4.57. The molecule has 1 fully saturated rings. The van der Waals surface area contributed by atoms with Gasteiger partial charge >= 0.3 is 0 Å². The Kier molecular flexibility index (Phi) is 5.79. The topological polar surface area (TPSA) is 78.9 Å². The fraction of sp³-hybridized carbons (Fsp3) is 0.833. The van der Waals surface area contributed by atoms with Crippen LogP contribution in [0.2, 0.25) is 0 Å². The van der Waals surface area contributed by atoms with E-state index in [4.69, 9.17) is 11.0 Å². The molecule has 0 aliphatic heterocycles. The van der Waals surface area contributed by atoms with Crippen LogP contribution in [0.25, 0.3) is 0 Å². The van der Waals surface area contributed by atoms with Crippen molar-refractivity contribution in [3.63, 3.8) is 0 Å². The van der Waals surface area contributed by atoms with E-state index in [2.05, 4.69) is 11.4 Å². The zero-order valence-corrected chi connectivity index (χ0v) is 11.2. The van der Waals surface area contributed by atoms with E-state index in [1.165, 1.54) is 0 Å². The number of hydrogen-bond donors (Lipinski definition) is 2. The van der Waals surface area contributed by atoms with Crippen LogP contribution in [-0.2, 0) is 4.79 Å². The maximum Gasteiger partial charge on any atom is 0.231 e. The summed E-state index contributed by atoms with van der Waals surface area (Å²) >= 11 is 1.58. The van der Waals surface area contributed by atoms with Crippen molar-refractivity contribution in [3.8, 4) is 6.07 Å². The maximum atomic E-state index is 11.7. The number of thioether (sulfide) groups is 1. The van der Waals surface area contributed by atoms with Crippen molar-refractivity contribution < 1.29 is 4.79 Å². The van der Waals surface area contributed by atoms with Crippen molar-refractivity contribution in [3.05, 3.63) is 0 Å². The number of nitrogens with two attached hydrogens (primary N) is 1. The zero-order valence-electron chi connectivity index (χ0n) is 10.4. The minimum Gasteiger partial charge on any atom is -0.337 e. The van der Waals surface area contributed by atoms with E-state index < -0.39 is 5.54 Å². The second-order valence-electron chi connectivity index (χ2n) is 4.77. The third-order valence-electron chi connectivity index (χ3n) is 3.00. The number of nitriles is 1. The Hall–Kier alpha value is -0.730. The molecule has 1 amide bonds. The summed E-state index contributed by atoms with van der Waals surface area (Å²) < 4.78 is 0. The summed E-state index contributed by atoms with van der Waals surface area (Å²) in [6.45, 7) is 1.96. The van der Waals surface area contributed by atoms with Gasteiger partial charge in [0, 0.05) is 6.04 Å². The molecule has 0 saturated heterocycles. The molecule has 0 bridgehead atoms. The van der Waals surface area contributed by atoms with Gasteiger partial charge in [0.25, 0.3) is 0 Å². The molecule has 0 spiro atoms. The zero-order chi connectivity index (χ0) is 12.7. The molecule has 1 unspecified atom stereocenters. The minimum atomic E-state index is -0.585. The molecule has 0 heterocycles. The minimum absolute atomic E-state index is 0.0249. The maximum absolute atomic E-state index is 11.7. The first-order valence-electron chi connectivity index (χ1n) is 6.13. The van der Waals surface area contributed by atoms with Gasteiger partial charge in [0.15, 0.2) is 0 Å². The van der Waals surface area contributed by atoms with Crippen molar-refractivity contribution in [2.45, 2.75) is 50.6 Å². The van der Waals surface area contributed by atoms with Gasteiger partial charge in [-0.25, -0.2) is 0 Å². The number of nitrogens with one attached hydrogen (secondary N) is 1. The molecule has 96 valence electrons. The summed E-state index contributed by atoms with van der Waals surface area (Å²) in [4.78, 5) is 11.7. The van der Waals surface area contributed by atoms with Gasteiger partial charge in [-0.05, 0) is 44.8 Å². The number of carbonyl (C=O) groups is 1. The molecule has 1 aliphatic carbocycles.